The lowest BCUT2D eigenvalue weighted by Gasteiger charge is -2.39. The van der Waals surface area contributed by atoms with Gasteiger partial charge in [0.15, 0.2) is 11.6 Å². The van der Waals surface area contributed by atoms with Crippen molar-refractivity contribution in [2.24, 2.45) is 0 Å². The van der Waals surface area contributed by atoms with Gasteiger partial charge in [-0.25, -0.2) is 9.78 Å². The van der Waals surface area contributed by atoms with Crippen LogP contribution in [0.3, 0.4) is 0 Å². The van der Waals surface area contributed by atoms with Crippen LogP contribution in [-0.4, -0.2) is 41.7 Å². The van der Waals surface area contributed by atoms with Crippen LogP contribution in [0, 0.1) is 11.8 Å². The Balaban J connectivity index is 2.30. The minimum absolute atomic E-state index is 0.121. The summed E-state index contributed by atoms with van der Waals surface area (Å²) in [5, 5.41) is 0. The third-order valence-electron chi connectivity index (χ3n) is 2.98. The van der Waals surface area contributed by atoms with Crippen molar-refractivity contribution in [1.29, 1.82) is 0 Å². The molecule has 0 spiro atoms. The molecule has 0 bridgehead atoms. The third kappa shape index (κ3) is 2.85. The summed E-state index contributed by atoms with van der Waals surface area (Å²) in [6.45, 7) is 6.52. The number of amides is 2. The molecule has 0 aromatic carbocycles. The van der Waals surface area contributed by atoms with E-state index in [9.17, 15) is 4.79 Å². The highest BCUT2D eigenvalue weighted by atomic mass is 16.5. The van der Waals surface area contributed by atoms with E-state index >= 15 is 0 Å². The summed E-state index contributed by atoms with van der Waals surface area (Å²) in [7, 11) is 1.73. The van der Waals surface area contributed by atoms with Gasteiger partial charge in [-0.15, -0.1) is 5.92 Å². The molecule has 0 atom stereocenters. The van der Waals surface area contributed by atoms with Crippen LogP contribution in [-0.2, 0) is 0 Å². The molecule has 0 fully saturated rings. The van der Waals surface area contributed by atoms with Gasteiger partial charge in [-0.3, -0.25) is 4.90 Å². The Morgan fingerprint density at radius 2 is 2.35 bits per heavy atom. The van der Waals surface area contributed by atoms with Crippen molar-refractivity contribution in [3.05, 3.63) is 18.3 Å². The first-order valence-corrected chi connectivity index (χ1v) is 6.51. The maximum atomic E-state index is 12.5. The zero-order valence-corrected chi connectivity index (χ0v) is 12.3. The van der Waals surface area contributed by atoms with Crippen LogP contribution in [0.25, 0.3) is 0 Å². The Morgan fingerprint density at radius 3 is 3.05 bits per heavy atom. The summed E-state index contributed by atoms with van der Waals surface area (Å²) in [4.78, 5) is 20.0. The van der Waals surface area contributed by atoms with Gasteiger partial charge in [0.1, 0.15) is 5.60 Å². The molecule has 0 N–H and O–H groups in total. The van der Waals surface area contributed by atoms with E-state index in [0.717, 1.165) is 0 Å². The monoisotopic (exact) mass is 273 g/mol. The van der Waals surface area contributed by atoms with E-state index in [-0.39, 0.29) is 6.03 Å². The fraction of sp³-hybridized carbons (Fsp3) is 0.467. The zero-order chi connectivity index (χ0) is 14.8. The van der Waals surface area contributed by atoms with Crippen LogP contribution in [0.4, 0.5) is 10.6 Å². The molecule has 1 aromatic heterocycles. The molecular formula is C15H19N3O2. The number of pyridine rings is 1. The SMILES string of the molecule is CC#CCN(C)C(=O)N1CC(C)(C)Oc2cccnc21. The predicted octanol–water partition coefficient (Wildman–Crippen LogP) is 2.13. The van der Waals surface area contributed by atoms with Crippen LogP contribution in [0.1, 0.15) is 20.8 Å². The highest BCUT2D eigenvalue weighted by Gasteiger charge is 2.36. The number of hydrogen-bond acceptors (Lipinski definition) is 3. The van der Waals surface area contributed by atoms with Gasteiger partial charge in [-0.2, -0.15) is 0 Å². The van der Waals surface area contributed by atoms with E-state index in [1.165, 1.54) is 0 Å². The second-order valence-corrected chi connectivity index (χ2v) is 5.34. The second-order valence-electron chi connectivity index (χ2n) is 5.34. The fourth-order valence-corrected chi connectivity index (χ4v) is 2.08. The Bertz CT molecular complexity index is 572. The van der Waals surface area contributed by atoms with Crippen molar-refractivity contribution in [2.75, 3.05) is 25.0 Å². The van der Waals surface area contributed by atoms with Gasteiger partial charge >= 0.3 is 6.03 Å². The van der Waals surface area contributed by atoms with Gasteiger partial charge in [0, 0.05) is 13.2 Å². The lowest BCUT2D eigenvalue weighted by Crippen LogP contribution is -2.53. The third-order valence-corrected chi connectivity index (χ3v) is 2.98. The number of ether oxygens (including phenoxy) is 1. The van der Waals surface area contributed by atoms with Gasteiger partial charge in [-0.1, -0.05) is 5.92 Å². The van der Waals surface area contributed by atoms with Crippen molar-refractivity contribution >= 4 is 11.8 Å². The Hall–Kier alpha value is -2.22. The van der Waals surface area contributed by atoms with Crippen molar-refractivity contribution in [2.45, 2.75) is 26.4 Å². The van der Waals surface area contributed by atoms with Crippen molar-refractivity contribution in [3.8, 4) is 17.6 Å². The second kappa shape index (κ2) is 5.41. The minimum atomic E-state index is -0.441. The fourth-order valence-electron chi connectivity index (χ4n) is 2.08. The van der Waals surface area contributed by atoms with Crippen LogP contribution in [0.2, 0.25) is 0 Å². The Labute approximate surface area is 119 Å². The molecule has 0 unspecified atom stereocenters. The van der Waals surface area contributed by atoms with Crippen molar-refractivity contribution < 1.29 is 9.53 Å². The number of aromatic nitrogens is 1. The number of hydrogen-bond donors (Lipinski definition) is 0. The van der Waals surface area contributed by atoms with E-state index in [1.54, 1.807) is 36.0 Å². The molecule has 1 aliphatic heterocycles. The van der Waals surface area contributed by atoms with E-state index in [2.05, 4.69) is 16.8 Å². The first-order valence-electron chi connectivity index (χ1n) is 6.51. The van der Waals surface area contributed by atoms with Crippen LogP contribution in [0.5, 0.6) is 5.75 Å². The van der Waals surface area contributed by atoms with Gasteiger partial charge in [0.2, 0.25) is 0 Å². The van der Waals surface area contributed by atoms with Crippen molar-refractivity contribution in [3.63, 3.8) is 0 Å². The van der Waals surface area contributed by atoms with Gasteiger partial charge in [-0.05, 0) is 32.9 Å². The lowest BCUT2D eigenvalue weighted by molar-refractivity contribution is 0.103. The Morgan fingerprint density at radius 1 is 1.60 bits per heavy atom. The minimum Gasteiger partial charge on any atom is -0.482 e. The largest absolute Gasteiger partial charge is 0.482 e. The maximum absolute atomic E-state index is 12.5. The van der Waals surface area contributed by atoms with Crippen LogP contribution < -0.4 is 9.64 Å². The summed E-state index contributed by atoms with van der Waals surface area (Å²) in [6, 6.07) is 3.51. The van der Waals surface area contributed by atoms with Crippen LogP contribution in [0.15, 0.2) is 18.3 Å². The van der Waals surface area contributed by atoms with E-state index in [1.807, 2.05) is 19.9 Å². The van der Waals surface area contributed by atoms with Gasteiger partial charge < -0.3 is 9.64 Å². The summed E-state index contributed by atoms with van der Waals surface area (Å²) < 4.78 is 5.86. The lowest BCUT2D eigenvalue weighted by atomic mass is 10.1. The molecule has 2 heterocycles. The topological polar surface area (TPSA) is 45.7 Å². The number of anilines is 1. The molecule has 5 heteroatoms. The molecule has 1 aliphatic rings. The highest BCUT2D eigenvalue weighted by Crippen LogP contribution is 2.35. The number of carbonyl (C=O) groups excluding carboxylic acids is 1. The predicted molar refractivity (Wildman–Crippen MR) is 77.8 cm³/mol. The number of carbonyl (C=O) groups is 1. The Kier molecular flexibility index (Phi) is 3.84. The average Bonchev–Trinajstić information content (AvgIpc) is 2.42. The molecule has 0 aliphatic carbocycles. The van der Waals surface area contributed by atoms with Gasteiger partial charge in [0.25, 0.3) is 0 Å². The molecule has 0 saturated heterocycles. The maximum Gasteiger partial charge on any atom is 0.326 e. The van der Waals surface area contributed by atoms with E-state index in [4.69, 9.17) is 4.74 Å². The molecule has 20 heavy (non-hydrogen) atoms. The number of fused-ring (bicyclic) bond motifs is 1. The smallest absolute Gasteiger partial charge is 0.326 e. The molecule has 5 nitrogen and oxygen atoms in total. The number of rotatable bonds is 1. The van der Waals surface area contributed by atoms with Crippen LogP contribution >= 0.6 is 0 Å². The molecule has 0 saturated carbocycles. The quantitative estimate of drug-likeness (QED) is 0.736. The van der Waals surface area contributed by atoms with E-state index < -0.39 is 5.60 Å². The summed E-state index contributed by atoms with van der Waals surface area (Å²) in [6.07, 6.45) is 1.66. The zero-order valence-electron chi connectivity index (χ0n) is 12.3. The average molecular weight is 273 g/mol. The molecule has 106 valence electrons. The highest BCUT2D eigenvalue weighted by molar-refractivity contribution is 5.93. The van der Waals surface area contributed by atoms with Gasteiger partial charge in [0.05, 0.1) is 13.1 Å². The molecular weight excluding hydrogens is 254 g/mol. The summed E-state index contributed by atoms with van der Waals surface area (Å²) >= 11 is 0. The first kappa shape index (κ1) is 14.2. The molecule has 2 rings (SSSR count). The standard InChI is InChI=1S/C15H19N3O2/c1-5-6-10-17(4)14(19)18-11-15(2,3)20-12-8-7-9-16-13(12)18/h7-9H,10-11H2,1-4H3. The molecule has 0 radical (unpaired) electrons. The molecule has 2 amide bonds. The normalized spacial score (nSPS) is 15.5. The molecule has 1 aromatic rings. The van der Waals surface area contributed by atoms with Crippen molar-refractivity contribution in [1.82, 2.24) is 9.88 Å². The number of nitrogens with zero attached hydrogens (tertiary/aromatic N) is 3. The number of urea groups is 1. The summed E-state index contributed by atoms with van der Waals surface area (Å²) in [5.41, 5.74) is -0.441. The first-order chi connectivity index (χ1) is 9.44. The summed E-state index contributed by atoms with van der Waals surface area (Å²) in [5.74, 6) is 6.87. The van der Waals surface area contributed by atoms with E-state index in [0.29, 0.717) is 24.7 Å².